The van der Waals surface area contributed by atoms with E-state index in [9.17, 15) is 4.79 Å². The Morgan fingerprint density at radius 2 is 1.96 bits per heavy atom. The third kappa shape index (κ3) is 3.84. The Labute approximate surface area is 156 Å². The number of rotatable bonds is 5. The van der Waals surface area contributed by atoms with Crippen molar-refractivity contribution in [1.82, 2.24) is 25.0 Å². The number of carbonyl (C=O) groups excluding carboxylic acids is 1. The van der Waals surface area contributed by atoms with E-state index in [1.54, 1.807) is 11.3 Å². The molecule has 26 heavy (non-hydrogen) atoms. The second kappa shape index (κ2) is 7.80. The zero-order valence-electron chi connectivity index (χ0n) is 14.5. The van der Waals surface area contributed by atoms with Gasteiger partial charge in [-0.3, -0.25) is 19.8 Å². The zero-order chi connectivity index (χ0) is 17.8. The lowest BCUT2D eigenvalue weighted by atomic mass is 10.2. The minimum atomic E-state index is 0.0119. The molecular weight excluding hydrogens is 346 g/mol. The summed E-state index contributed by atoms with van der Waals surface area (Å²) in [7, 11) is 0. The maximum Gasteiger partial charge on any atom is 0.274 e. The molecule has 1 N–H and O–H groups in total. The molecule has 0 radical (unpaired) electrons. The average molecular weight is 367 g/mol. The van der Waals surface area contributed by atoms with Gasteiger partial charge in [0.05, 0.1) is 10.6 Å². The van der Waals surface area contributed by atoms with Crippen LogP contribution in [-0.4, -0.2) is 63.6 Å². The fourth-order valence-corrected chi connectivity index (χ4v) is 3.85. The topological polar surface area (TPSA) is 65.1 Å². The van der Waals surface area contributed by atoms with Gasteiger partial charge in [-0.15, -0.1) is 11.3 Å². The van der Waals surface area contributed by atoms with Crippen LogP contribution in [0.15, 0.2) is 48.1 Å². The van der Waals surface area contributed by atoms with Crippen LogP contribution in [0.4, 0.5) is 0 Å². The van der Waals surface area contributed by atoms with Crippen molar-refractivity contribution < 1.29 is 4.79 Å². The van der Waals surface area contributed by atoms with Crippen molar-refractivity contribution in [3.63, 3.8) is 0 Å². The van der Waals surface area contributed by atoms with Gasteiger partial charge in [0.25, 0.3) is 5.91 Å². The Bertz CT molecular complexity index is 838. The van der Waals surface area contributed by atoms with E-state index < -0.39 is 0 Å². The minimum absolute atomic E-state index is 0.0119. The molecule has 1 saturated heterocycles. The lowest BCUT2D eigenvalue weighted by Crippen LogP contribution is -2.49. The highest BCUT2D eigenvalue weighted by Gasteiger charge is 2.24. The van der Waals surface area contributed by atoms with E-state index in [0.717, 1.165) is 49.7 Å². The average Bonchev–Trinajstić information content (AvgIpc) is 3.38. The van der Waals surface area contributed by atoms with Crippen LogP contribution in [0.2, 0.25) is 0 Å². The predicted molar refractivity (Wildman–Crippen MR) is 102 cm³/mol. The molecule has 0 saturated carbocycles. The van der Waals surface area contributed by atoms with Crippen molar-refractivity contribution in [3.8, 4) is 10.6 Å². The molecule has 1 amide bonds. The lowest BCUT2D eigenvalue weighted by Gasteiger charge is -2.34. The summed E-state index contributed by atoms with van der Waals surface area (Å²) in [6.07, 6.45) is 4.68. The molecule has 1 aliphatic rings. The van der Waals surface area contributed by atoms with Crippen molar-refractivity contribution in [2.75, 3.05) is 32.7 Å². The molecule has 0 spiro atoms. The molecule has 0 atom stereocenters. The van der Waals surface area contributed by atoms with Gasteiger partial charge in [-0.2, -0.15) is 5.10 Å². The number of amides is 1. The molecule has 0 aromatic carbocycles. The first-order chi connectivity index (χ1) is 12.8. The first kappa shape index (κ1) is 16.9. The number of aromatic amines is 1. The van der Waals surface area contributed by atoms with Crippen molar-refractivity contribution >= 4 is 17.2 Å². The van der Waals surface area contributed by atoms with Gasteiger partial charge in [-0.1, -0.05) is 6.07 Å². The quantitative estimate of drug-likeness (QED) is 0.753. The van der Waals surface area contributed by atoms with Crippen molar-refractivity contribution in [2.45, 2.75) is 6.42 Å². The van der Waals surface area contributed by atoms with Crippen molar-refractivity contribution in [3.05, 3.63) is 59.4 Å². The van der Waals surface area contributed by atoms with E-state index >= 15 is 0 Å². The Hall–Kier alpha value is -2.51. The molecule has 3 aromatic rings. The van der Waals surface area contributed by atoms with E-state index in [1.807, 2.05) is 40.9 Å². The SMILES string of the molecule is O=C(c1cc(-c2cccs2)[nH]n1)N1CCN(CCc2ccncc2)CC1. The molecule has 6 nitrogen and oxygen atoms in total. The molecule has 4 heterocycles. The monoisotopic (exact) mass is 367 g/mol. The molecule has 1 aliphatic heterocycles. The lowest BCUT2D eigenvalue weighted by molar-refractivity contribution is 0.0632. The zero-order valence-corrected chi connectivity index (χ0v) is 15.3. The number of H-pyrrole nitrogens is 1. The molecule has 7 heteroatoms. The number of nitrogens with zero attached hydrogens (tertiary/aromatic N) is 4. The van der Waals surface area contributed by atoms with Gasteiger partial charge < -0.3 is 4.90 Å². The third-order valence-corrected chi connectivity index (χ3v) is 5.61. The highest BCUT2D eigenvalue weighted by atomic mass is 32.1. The number of carbonyl (C=O) groups is 1. The van der Waals surface area contributed by atoms with Crippen LogP contribution in [0, 0.1) is 0 Å². The fourth-order valence-electron chi connectivity index (χ4n) is 3.16. The number of pyridine rings is 1. The van der Waals surface area contributed by atoms with Crippen LogP contribution in [0.5, 0.6) is 0 Å². The highest BCUT2D eigenvalue weighted by Crippen LogP contribution is 2.23. The van der Waals surface area contributed by atoms with Gasteiger partial charge in [0.15, 0.2) is 5.69 Å². The molecule has 3 aromatic heterocycles. The smallest absolute Gasteiger partial charge is 0.274 e. The second-order valence-electron chi connectivity index (χ2n) is 6.38. The summed E-state index contributed by atoms with van der Waals surface area (Å²) in [6, 6.07) is 9.98. The summed E-state index contributed by atoms with van der Waals surface area (Å²) in [6.45, 7) is 4.31. The number of piperazine rings is 1. The largest absolute Gasteiger partial charge is 0.335 e. The van der Waals surface area contributed by atoms with Crippen molar-refractivity contribution in [2.24, 2.45) is 0 Å². The van der Waals surface area contributed by atoms with E-state index in [1.165, 1.54) is 5.56 Å². The standard InChI is InChI=1S/C19H21N5OS/c25-19(17-14-16(21-22-17)18-2-1-13-26-18)24-11-9-23(10-12-24)8-5-15-3-6-20-7-4-15/h1-4,6-7,13-14H,5,8-12H2,(H,21,22). The molecule has 0 aliphatic carbocycles. The molecule has 0 unspecified atom stereocenters. The third-order valence-electron chi connectivity index (χ3n) is 4.71. The van der Waals surface area contributed by atoms with Gasteiger partial charge in [0.2, 0.25) is 0 Å². The molecule has 134 valence electrons. The Morgan fingerprint density at radius 1 is 1.15 bits per heavy atom. The van der Waals surface area contributed by atoms with Crippen LogP contribution >= 0.6 is 11.3 Å². The van der Waals surface area contributed by atoms with Crippen molar-refractivity contribution in [1.29, 1.82) is 0 Å². The summed E-state index contributed by atoms with van der Waals surface area (Å²) in [5.41, 5.74) is 2.70. The summed E-state index contributed by atoms with van der Waals surface area (Å²) < 4.78 is 0. The minimum Gasteiger partial charge on any atom is -0.335 e. The molecule has 4 rings (SSSR count). The Kier molecular flexibility index (Phi) is 5.08. The van der Waals surface area contributed by atoms with E-state index in [0.29, 0.717) is 5.69 Å². The first-order valence-corrected chi connectivity index (χ1v) is 9.67. The van der Waals surface area contributed by atoms with E-state index in [4.69, 9.17) is 0 Å². The summed E-state index contributed by atoms with van der Waals surface area (Å²) in [4.78, 5) is 22.1. The number of hydrogen-bond acceptors (Lipinski definition) is 5. The maximum atomic E-state index is 12.7. The predicted octanol–water partition coefficient (Wildman–Crippen LogP) is 2.53. The number of nitrogens with one attached hydrogen (secondary N) is 1. The summed E-state index contributed by atoms with van der Waals surface area (Å²) >= 11 is 1.63. The normalized spacial score (nSPS) is 15.3. The van der Waals surface area contributed by atoms with Crippen LogP contribution in [0.1, 0.15) is 16.1 Å². The van der Waals surface area contributed by atoms with Crippen LogP contribution < -0.4 is 0 Å². The van der Waals surface area contributed by atoms with Gasteiger partial charge in [-0.05, 0) is 41.6 Å². The fraction of sp³-hybridized carbons (Fsp3) is 0.316. The van der Waals surface area contributed by atoms with Crippen LogP contribution in [-0.2, 0) is 6.42 Å². The number of hydrogen-bond donors (Lipinski definition) is 1. The van der Waals surface area contributed by atoms with Crippen LogP contribution in [0.25, 0.3) is 10.6 Å². The molecule has 1 fully saturated rings. The summed E-state index contributed by atoms with van der Waals surface area (Å²) in [5.74, 6) is 0.0119. The van der Waals surface area contributed by atoms with Gasteiger partial charge in [0.1, 0.15) is 0 Å². The number of thiophene rings is 1. The first-order valence-electron chi connectivity index (χ1n) is 8.79. The van der Waals surface area contributed by atoms with Crippen LogP contribution in [0.3, 0.4) is 0 Å². The Morgan fingerprint density at radius 3 is 2.69 bits per heavy atom. The van der Waals surface area contributed by atoms with Gasteiger partial charge in [0, 0.05) is 45.1 Å². The van der Waals surface area contributed by atoms with E-state index in [-0.39, 0.29) is 5.91 Å². The summed E-state index contributed by atoms with van der Waals surface area (Å²) in [5, 5.41) is 9.20. The molecule has 0 bridgehead atoms. The van der Waals surface area contributed by atoms with Gasteiger partial charge >= 0.3 is 0 Å². The number of aromatic nitrogens is 3. The highest BCUT2D eigenvalue weighted by molar-refractivity contribution is 7.13. The Balaban J connectivity index is 1.29. The second-order valence-corrected chi connectivity index (χ2v) is 7.33. The maximum absolute atomic E-state index is 12.7. The molecular formula is C19H21N5OS. The van der Waals surface area contributed by atoms with Gasteiger partial charge in [-0.25, -0.2) is 0 Å². The van der Waals surface area contributed by atoms with E-state index in [2.05, 4.69) is 32.2 Å².